The van der Waals surface area contributed by atoms with Crippen LogP contribution in [0.2, 0.25) is 0 Å². The van der Waals surface area contributed by atoms with Crippen molar-refractivity contribution in [3.63, 3.8) is 0 Å². The highest BCUT2D eigenvalue weighted by atomic mass is 32.2. The predicted octanol–water partition coefficient (Wildman–Crippen LogP) is 1.92. The molecule has 3 aromatic rings. The van der Waals surface area contributed by atoms with Gasteiger partial charge in [0.15, 0.2) is 6.61 Å². The van der Waals surface area contributed by atoms with Gasteiger partial charge in [-0.1, -0.05) is 42.5 Å². The number of hydrogen-bond acceptors (Lipinski definition) is 7. The molecule has 0 spiro atoms. The van der Waals surface area contributed by atoms with Crippen LogP contribution < -0.4 is 14.8 Å². The fraction of sp³-hybridized carbons (Fsp3) is 0.296. The lowest BCUT2D eigenvalue weighted by Gasteiger charge is -2.26. The number of amides is 1. The molecule has 1 saturated heterocycles. The van der Waals surface area contributed by atoms with Gasteiger partial charge in [0, 0.05) is 26.2 Å². The Hall–Kier alpha value is -3.29. The average molecular weight is 574 g/mol. The second-order valence-electron chi connectivity index (χ2n) is 8.83. The molecule has 2 N–H and O–H groups in total. The van der Waals surface area contributed by atoms with Gasteiger partial charge in [-0.2, -0.15) is 4.31 Å². The standard InChI is InChI=1S/C27H31N3O7S2/c31-27(28-20-23-6-10-26(11-7-23)39(34,35)30-16-18-36-19-17-30)21-37-24-8-12-25(13-9-24)38(32,33)29-15-14-22-4-2-1-3-5-22/h1-13,29H,14-21H2,(H,28,31). The molecule has 0 radical (unpaired) electrons. The molecule has 4 rings (SSSR count). The third-order valence-corrected chi connectivity index (χ3v) is 9.46. The summed E-state index contributed by atoms with van der Waals surface area (Å²) in [5.41, 5.74) is 1.77. The molecule has 208 valence electrons. The van der Waals surface area contributed by atoms with Gasteiger partial charge >= 0.3 is 0 Å². The molecular formula is C27H31N3O7S2. The molecule has 1 aliphatic heterocycles. The molecule has 1 amide bonds. The second-order valence-corrected chi connectivity index (χ2v) is 12.5. The topological polar surface area (TPSA) is 131 Å². The monoisotopic (exact) mass is 573 g/mol. The summed E-state index contributed by atoms with van der Waals surface area (Å²) in [5.74, 6) is -0.0228. The Balaban J connectivity index is 1.21. The summed E-state index contributed by atoms with van der Waals surface area (Å²) in [6.45, 7) is 1.62. The van der Waals surface area contributed by atoms with E-state index in [1.54, 1.807) is 12.1 Å². The normalized spacial score (nSPS) is 14.6. The lowest BCUT2D eigenvalue weighted by atomic mass is 10.2. The Morgan fingerprint density at radius 1 is 0.821 bits per heavy atom. The number of carbonyl (C=O) groups is 1. The Labute approximate surface area is 229 Å². The first-order valence-corrected chi connectivity index (χ1v) is 15.4. The number of hydrogen-bond donors (Lipinski definition) is 2. The van der Waals surface area contributed by atoms with Crippen LogP contribution in [0, 0.1) is 0 Å². The van der Waals surface area contributed by atoms with Gasteiger partial charge in [0.2, 0.25) is 20.0 Å². The van der Waals surface area contributed by atoms with Gasteiger partial charge in [0.1, 0.15) is 5.75 Å². The molecule has 10 nitrogen and oxygen atoms in total. The zero-order valence-electron chi connectivity index (χ0n) is 21.3. The predicted molar refractivity (Wildman–Crippen MR) is 145 cm³/mol. The van der Waals surface area contributed by atoms with Crippen LogP contribution in [0.4, 0.5) is 0 Å². The molecule has 0 aliphatic carbocycles. The first-order chi connectivity index (χ1) is 18.7. The summed E-state index contributed by atoms with van der Waals surface area (Å²) < 4.78 is 65.1. The molecule has 12 heteroatoms. The minimum absolute atomic E-state index is 0.103. The summed E-state index contributed by atoms with van der Waals surface area (Å²) >= 11 is 0. The van der Waals surface area contributed by atoms with Crippen LogP contribution in [0.15, 0.2) is 88.7 Å². The number of sulfonamides is 2. The van der Waals surface area contributed by atoms with Gasteiger partial charge in [-0.25, -0.2) is 21.6 Å². The minimum Gasteiger partial charge on any atom is -0.484 e. The van der Waals surface area contributed by atoms with Crippen molar-refractivity contribution < 1.29 is 31.1 Å². The molecule has 0 unspecified atom stereocenters. The van der Waals surface area contributed by atoms with Crippen molar-refractivity contribution in [3.8, 4) is 5.75 Å². The van der Waals surface area contributed by atoms with Crippen LogP contribution in [0.25, 0.3) is 0 Å². The maximum atomic E-state index is 12.7. The van der Waals surface area contributed by atoms with Gasteiger partial charge in [-0.05, 0) is 53.9 Å². The zero-order chi connectivity index (χ0) is 27.7. The summed E-state index contributed by atoms with van der Waals surface area (Å²) in [7, 11) is -7.24. The van der Waals surface area contributed by atoms with E-state index in [1.165, 1.54) is 40.7 Å². The molecule has 1 heterocycles. The molecule has 0 saturated carbocycles. The van der Waals surface area contributed by atoms with Crippen LogP contribution in [0.1, 0.15) is 11.1 Å². The maximum Gasteiger partial charge on any atom is 0.258 e. The Bertz CT molecular complexity index is 1440. The first kappa shape index (κ1) is 28.7. The van der Waals surface area contributed by atoms with Crippen molar-refractivity contribution in [2.75, 3.05) is 39.5 Å². The van der Waals surface area contributed by atoms with E-state index in [0.717, 1.165) is 11.1 Å². The summed E-state index contributed by atoms with van der Waals surface area (Å²) in [4.78, 5) is 12.5. The smallest absolute Gasteiger partial charge is 0.258 e. The third-order valence-electron chi connectivity index (χ3n) is 6.07. The summed E-state index contributed by atoms with van der Waals surface area (Å²) in [6, 6.07) is 21.8. The van der Waals surface area contributed by atoms with Gasteiger partial charge < -0.3 is 14.8 Å². The maximum absolute atomic E-state index is 12.7. The average Bonchev–Trinajstić information content (AvgIpc) is 2.96. The second kappa shape index (κ2) is 13.2. The lowest BCUT2D eigenvalue weighted by molar-refractivity contribution is -0.123. The quantitative estimate of drug-likeness (QED) is 0.339. The molecule has 1 aliphatic rings. The van der Waals surface area contributed by atoms with E-state index in [-0.39, 0.29) is 35.4 Å². The number of morpholine rings is 1. The fourth-order valence-corrected chi connectivity index (χ4v) is 6.33. The van der Waals surface area contributed by atoms with Crippen molar-refractivity contribution in [1.29, 1.82) is 0 Å². The van der Waals surface area contributed by atoms with Crippen LogP contribution >= 0.6 is 0 Å². The van der Waals surface area contributed by atoms with Crippen molar-refractivity contribution >= 4 is 26.0 Å². The summed E-state index contributed by atoms with van der Waals surface area (Å²) in [5, 5.41) is 2.72. The number of carbonyl (C=O) groups excluding carboxylic acids is 1. The van der Waals surface area contributed by atoms with Crippen LogP contribution in [-0.2, 0) is 42.5 Å². The zero-order valence-corrected chi connectivity index (χ0v) is 22.9. The Morgan fingerprint density at radius 2 is 1.46 bits per heavy atom. The van der Waals surface area contributed by atoms with Crippen molar-refractivity contribution in [3.05, 3.63) is 90.0 Å². The van der Waals surface area contributed by atoms with E-state index in [4.69, 9.17) is 9.47 Å². The number of nitrogens with one attached hydrogen (secondary N) is 2. The van der Waals surface area contributed by atoms with Gasteiger partial charge in [-0.3, -0.25) is 4.79 Å². The SMILES string of the molecule is O=C(COc1ccc(S(=O)(=O)NCCc2ccccc2)cc1)NCc1ccc(S(=O)(=O)N2CCOCC2)cc1. The van der Waals surface area contributed by atoms with Crippen molar-refractivity contribution in [1.82, 2.24) is 14.3 Å². The van der Waals surface area contributed by atoms with Crippen molar-refractivity contribution in [2.45, 2.75) is 22.8 Å². The van der Waals surface area contributed by atoms with E-state index in [1.807, 2.05) is 30.3 Å². The van der Waals surface area contributed by atoms with Crippen LogP contribution in [-0.4, -0.2) is 66.5 Å². The number of rotatable bonds is 12. The molecule has 39 heavy (non-hydrogen) atoms. The van der Waals surface area contributed by atoms with Gasteiger partial charge in [0.05, 0.1) is 23.0 Å². The minimum atomic E-state index is -3.67. The highest BCUT2D eigenvalue weighted by Crippen LogP contribution is 2.18. The Morgan fingerprint density at radius 3 is 2.13 bits per heavy atom. The van der Waals surface area contributed by atoms with E-state index in [9.17, 15) is 21.6 Å². The summed E-state index contributed by atoms with van der Waals surface area (Å²) in [6.07, 6.45) is 0.577. The Kier molecular flexibility index (Phi) is 9.70. The molecule has 0 atom stereocenters. The lowest BCUT2D eigenvalue weighted by Crippen LogP contribution is -2.40. The van der Waals surface area contributed by atoms with Gasteiger partial charge in [0.25, 0.3) is 5.91 Å². The number of benzene rings is 3. The highest BCUT2D eigenvalue weighted by molar-refractivity contribution is 7.89. The van der Waals surface area contributed by atoms with E-state index < -0.39 is 20.0 Å². The third kappa shape index (κ3) is 8.10. The molecular weight excluding hydrogens is 542 g/mol. The van der Waals surface area contributed by atoms with Crippen LogP contribution in [0.3, 0.4) is 0 Å². The largest absolute Gasteiger partial charge is 0.484 e. The number of nitrogens with zero attached hydrogens (tertiary/aromatic N) is 1. The van der Waals surface area contributed by atoms with E-state index >= 15 is 0 Å². The fourth-order valence-electron chi connectivity index (χ4n) is 3.89. The van der Waals surface area contributed by atoms with E-state index in [2.05, 4.69) is 10.0 Å². The van der Waals surface area contributed by atoms with Crippen molar-refractivity contribution in [2.24, 2.45) is 0 Å². The molecule has 0 aromatic heterocycles. The first-order valence-electron chi connectivity index (χ1n) is 12.4. The number of ether oxygens (including phenoxy) is 2. The van der Waals surface area contributed by atoms with E-state index in [0.29, 0.717) is 38.5 Å². The van der Waals surface area contributed by atoms with Gasteiger partial charge in [-0.15, -0.1) is 0 Å². The highest BCUT2D eigenvalue weighted by Gasteiger charge is 2.26. The van der Waals surface area contributed by atoms with Crippen LogP contribution in [0.5, 0.6) is 5.75 Å². The molecule has 1 fully saturated rings. The molecule has 0 bridgehead atoms. The molecule has 3 aromatic carbocycles.